The van der Waals surface area contributed by atoms with Gasteiger partial charge in [-0.15, -0.1) is 0 Å². The van der Waals surface area contributed by atoms with E-state index in [4.69, 9.17) is 0 Å². The number of hydrogen-bond acceptors (Lipinski definition) is 4. The summed E-state index contributed by atoms with van der Waals surface area (Å²) in [7, 11) is 0. The van der Waals surface area contributed by atoms with Crippen LogP contribution in [0.4, 0.5) is 0 Å². The van der Waals surface area contributed by atoms with E-state index in [-0.39, 0.29) is 35.5 Å². The molecule has 4 fully saturated rings. The predicted octanol–water partition coefficient (Wildman–Crippen LogP) is 0.952. The maximum absolute atomic E-state index is 12.6. The van der Waals surface area contributed by atoms with Gasteiger partial charge in [0.25, 0.3) is 0 Å². The number of carbonyl (C=O) groups is 1. The first kappa shape index (κ1) is 13.2. The van der Waals surface area contributed by atoms with Crippen LogP contribution < -0.4 is 0 Å². The molecule has 4 aliphatic rings. The average molecular weight is 279 g/mol. The Hall–Kier alpha value is -0.450. The van der Waals surface area contributed by atoms with Crippen LogP contribution in [0.5, 0.6) is 0 Å². The van der Waals surface area contributed by atoms with E-state index in [0.717, 1.165) is 45.2 Å². The minimum absolute atomic E-state index is 0.0746. The van der Waals surface area contributed by atoms with Gasteiger partial charge >= 0.3 is 0 Å². The summed E-state index contributed by atoms with van der Waals surface area (Å²) in [6, 6.07) is 0. The quantitative estimate of drug-likeness (QED) is 0.693. The zero-order valence-electron chi connectivity index (χ0n) is 12.2. The van der Waals surface area contributed by atoms with Gasteiger partial charge in [-0.25, -0.2) is 0 Å². The molecule has 1 spiro atoms. The highest BCUT2D eigenvalue weighted by atomic mass is 16.3. The fourth-order valence-corrected chi connectivity index (χ4v) is 6.18. The van der Waals surface area contributed by atoms with Gasteiger partial charge in [0.05, 0.1) is 6.10 Å². The highest BCUT2D eigenvalue weighted by molar-refractivity contribution is 5.85. The standard InChI is InChI=1S/C16H25NO3/c1-10-8-15-11-4-2-6-17(15)7-3-5-13(15)16(20,14(10)19)9-12(11)18/h10-11,13-14,19-20H,2-9H2,1H3/t10-,11+,13-,14+,15-,16+/m0/s1. The van der Waals surface area contributed by atoms with E-state index in [0.29, 0.717) is 0 Å². The molecule has 2 N–H and O–H groups in total. The first-order valence-electron chi connectivity index (χ1n) is 8.18. The molecule has 6 atom stereocenters. The second-order valence-electron chi connectivity index (χ2n) is 7.63. The molecule has 4 heteroatoms. The minimum atomic E-state index is -1.18. The predicted molar refractivity (Wildman–Crippen MR) is 74.1 cm³/mol. The number of Topliss-reactive ketones (excluding diaryl/α,β-unsaturated/α-hetero) is 1. The van der Waals surface area contributed by atoms with Gasteiger partial charge in [0.1, 0.15) is 11.4 Å². The van der Waals surface area contributed by atoms with Crippen molar-refractivity contribution in [1.29, 1.82) is 0 Å². The Morgan fingerprint density at radius 3 is 2.70 bits per heavy atom. The summed E-state index contributed by atoms with van der Waals surface area (Å²) in [6.07, 6.45) is 4.41. The van der Waals surface area contributed by atoms with Gasteiger partial charge in [0.15, 0.2) is 0 Å². The van der Waals surface area contributed by atoms with Crippen LogP contribution in [0.2, 0.25) is 0 Å². The smallest absolute Gasteiger partial charge is 0.140 e. The van der Waals surface area contributed by atoms with E-state index in [2.05, 4.69) is 4.90 Å². The second-order valence-corrected chi connectivity index (χ2v) is 7.63. The van der Waals surface area contributed by atoms with Crippen LogP contribution >= 0.6 is 0 Å². The number of rotatable bonds is 0. The van der Waals surface area contributed by atoms with Crippen molar-refractivity contribution in [1.82, 2.24) is 4.90 Å². The van der Waals surface area contributed by atoms with Crippen molar-refractivity contribution >= 4 is 5.78 Å². The van der Waals surface area contributed by atoms with E-state index < -0.39 is 11.7 Å². The van der Waals surface area contributed by atoms with Crippen LogP contribution in [0.25, 0.3) is 0 Å². The molecule has 2 saturated carbocycles. The molecule has 2 aliphatic heterocycles. The van der Waals surface area contributed by atoms with Gasteiger partial charge in [-0.1, -0.05) is 6.92 Å². The zero-order valence-corrected chi connectivity index (χ0v) is 12.2. The van der Waals surface area contributed by atoms with E-state index >= 15 is 0 Å². The van der Waals surface area contributed by atoms with Crippen molar-refractivity contribution in [2.75, 3.05) is 13.1 Å². The Bertz CT molecular complexity index is 451. The first-order valence-corrected chi connectivity index (χ1v) is 8.18. The second kappa shape index (κ2) is 4.05. The number of aliphatic hydroxyl groups excluding tert-OH is 1. The van der Waals surface area contributed by atoms with Crippen LogP contribution in [-0.4, -0.2) is 51.2 Å². The molecule has 0 radical (unpaired) electrons. The molecule has 0 aromatic carbocycles. The van der Waals surface area contributed by atoms with Gasteiger partial charge in [-0.2, -0.15) is 0 Å². The Kier molecular flexibility index (Phi) is 2.68. The molecule has 4 rings (SSSR count). The lowest BCUT2D eigenvalue weighted by atomic mass is 9.46. The molecule has 4 nitrogen and oxygen atoms in total. The largest absolute Gasteiger partial charge is 0.390 e. The van der Waals surface area contributed by atoms with Gasteiger partial charge in [0.2, 0.25) is 0 Å². The number of piperidine rings is 2. The molecular weight excluding hydrogens is 254 g/mol. The maximum atomic E-state index is 12.6. The van der Waals surface area contributed by atoms with Crippen molar-refractivity contribution in [3.8, 4) is 0 Å². The Morgan fingerprint density at radius 1 is 1.25 bits per heavy atom. The number of ketones is 1. The summed E-state index contributed by atoms with van der Waals surface area (Å²) < 4.78 is 0. The van der Waals surface area contributed by atoms with Crippen LogP contribution in [0.1, 0.15) is 45.4 Å². The first-order chi connectivity index (χ1) is 9.50. The van der Waals surface area contributed by atoms with Crippen molar-refractivity contribution in [2.24, 2.45) is 17.8 Å². The molecule has 112 valence electrons. The Morgan fingerprint density at radius 2 is 1.95 bits per heavy atom. The summed E-state index contributed by atoms with van der Waals surface area (Å²) >= 11 is 0. The molecule has 0 unspecified atom stereocenters. The van der Waals surface area contributed by atoms with E-state index in [1.165, 1.54) is 0 Å². The number of carbonyl (C=O) groups excluding carboxylic acids is 1. The van der Waals surface area contributed by atoms with Crippen LogP contribution in [0.15, 0.2) is 0 Å². The van der Waals surface area contributed by atoms with Gasteiger partial charge in [-0.05, 0) is 51.1 Å². The minimum Gasteiger partial charge on any atom is -0.390 e. The lowest BCUT2D eigenvalue weighted by molar-refractivity contribution is -0.257. The van der Waals surface area contributed by atoms with Crippen LogP contribution in [-0.2, 0) is 4.79 Å². The number of nitrogens with zero attached hydrogens (tertiary/aromatic N) is 1. The Balaban J connectivity index is 1.88. The molecule has 0 aromatic heterocycles. The summed E-state index contributed by atoms with van der Waals surface area (Å²) in [4.78, 5) is 15.1. The molecule has 2 saturated heterocycles. The summed E-state index contributed by atoms with van der Waals surface area (Å²) in [5, 5.41) is 21.7. The summed E-state index contributed by atoms with van der Waals surface area (Å²) in [6.45, 7) is 4.15. The third-order valence-corrected chi connectivity index (χ3v) is 6.79. The van der Waals surface area contributed by atoms with E-state index in [1.54, 1.807) is 0 Å². The molecule has 20 heavy (non-hydrogen) atoms. The van der Waals surface area contributed by atoms with Gasteiger partial charge in [0, 0.05) is 23.8 Å². The zero-order chi connectivity index (χ0) is 14.1. The van der Waals surface area contributed by atoms with Gasteiger partial charge in [-0.3, -0.25) is 9.69 Å². The third kappa shape index (κ3) is 1.36. The molecular formula is C16H25NO3. The monoisotopic (exact) mass is 279 g/mol. The fourth-order valence-electron chi connectivity index (χ4n) is 6.18. The van der Waals surface area contributed by atoms with Crippen LogP contribution in [0, 0.1) is 17.8 Å². The Labute approximate surface area is 120 Å². The normalized spacial score (nSPS) is 55.5. The lowest BCUT2D eigenvalue weighted by Crippen LogP contribution is -2.79. The molecule has 2 bridgehead atoms. The molecule has 2 heterocycles. The van der Waals surface area contributed by atoms with Crippen molar-refractivity contribution in [3.05, 3.63) is 0 Å². The molecule has 0 amide bonds. The average Bonchev–Trinajstić information content (AvgIpc) is 2.42. The van der Waals surface area contributed by atoms with Crippen LogP contribution in [0.3, 0.4) is 0 Å². The number of hydrogen-bond donors (Lipinski definition) is 2. The number of aliphatic hydroxyl groups is 2. The fraction of sp³-hybridized carbons (Fsp3) is 0.938. The topological polar surface area (TPSA) is 60.8 Å². The maximum Gasteiger partial charge on any atom is 0.140 e. The highest BCUT2D eigenvalue weighted by Gasteiger charge is 2.69. The SMILES string of the molecule is C[C@H]1C[C@@]23[C@@H]4CCCN2CCC[C@@H]3[C@](O)(CC4=O)[C@@H]1O. The molecule has 2 aliphatic carbocycles. The lowest BCUT2D eigenvalue weighted by Gasteiger charge is -2.69. The highest BCUT2D eigenvalue weighted by Crippen LogP contribution is 2.60. The van der Waals surface area contributed by atoms with E-state index in [1.807, 2.05) is 6.92 Å². The molecule has 0 aromatic rings. The van der Waals surface area contributed by atoms with Crippen molar-refractivity contribution in [2.45, 2.75) is 62.7 Å². The van der Waals surface area contributed by atoms with E-state index in [9.17, 15) is 15.0 Å². The summed E-state index contributed by atoms with van der Waals surface area (Å²) in [5.74, 6) is 0.446. The van der Waals surface area contributed by atoms with Crippen molar-refractivity contribution in [3.63, 3.8) is 0 Å². The van der Waals surface area contributed by atoms with Crippen molar-refractivity contribution < 1.29 is 15.0 Å². The van der Waals surface area contributed by atoms with Gasteiger partial charge < -0.3 is 10.2 Å². The summed E-state index contributed by atoms with van der Waals surface area (Å²) in [5.41, 5.74) is -1.33. The third-order valence-electron chi connectivity index (χ3n) is 6.79.